The van der Waals surface area contributed by atoms with Crippen molar-refractivity contribution in [1.82, 2.24) is 9.97 Å². The highest BCUT2D eigenvalue weighted by Gasteiger charge is 2.21. The number of hydrogen-bond donors (Lipinski definition) is 0. The highest BCUT2D eigenvalue weighted by molar-refractivity contribution is 5.30. The van der Waals surface area contributed by atoms with E-state index in [-0.39, 0.29) is 0 Å². The van der Waals surface area contributed by atoms with E-state index in [4.69, 9.17) is 4.74 Å². The van der Waals surface area contributed by atoms with Crippen molar-refractivity contribution in [2.75, 3.05) is 25.2 Å². The van der Waals surface area contributed by atoms with E-state index >= 15 is 0 Å². The fourth-order valence-corrected chi connectivity index (χ4v) is 1.60. The van der Waals surface area contributed by atoms with Crippen LogP contribution in [0.25, 0.3) is 0 Å². The van der Waals surface area contributed by atoms with Gasteiger partial charge in [0.1, 0.15) is 0 Å². The Kier molecular flexibility index (Phi) is 2.63. The van der Waals surface area contributed by atoms with Gasteiger partial charge in [0.2, 0.25) is 5.95 Å². The number of aromatic nitrogens is 2. The molecule has 0 bridgehead atoms. The molecule has 4 nitrogen and oxygen atoms in total. The zero-order valence-corrected chi connectivity index (χ0v) is 8.60. The maximum atomic E-state index is 5.33. The Morgan fingerprint density at radius 3 is 3.07 bits per heavy atom. The smallest absolute Gasteiger partial charge is 0.225 e. The fourth-order valence-electron chi connectivity index (χ4n) is 1.60. The van der Waals surface area contributed by atoms with Crippen LogP contribution in [0.2, 0.25) is 0 Å². The van der Waals surface area contributed by atoms with E-state index in [1.807, 2.05) is 20.0 Å². The summed E-state index contributed by atoms with van der Waals surface area (Å²) in [5.41, 5.74) is 1.00. The van der Waals surface area contributed by atoms with Crippen LogP contribution < -0.4 is 4.90 Å². The summed E-state index contributed by atoms with van der Waals surface area (Å²) in [7, 11) is 2.02. The second kappa shape index (κ2) is 3.92. The molecule has 1 saturated heterocycles. The quantitative estimate of drug-likeness (QED) is 0.702. The van der Waals surface area contributed by atoms with E-state index in [0.29, 0.717) is 6.04 Å². The summed E-state index contributed by atoms with van der Waals surface area (Å²) in [6.07, 6.45) is 2.86. The predicted molar refractivity (Wildman–Crippen MR) is 54.4 cm³/mol. The average molecular weight is 193 g/mol. The van der Waals surface area contributed by atoms with Gasteiger partial charge in [-0.1, -0.05) is 0 Å². The van der Waals surface area contributed by atoms with Gasteiger partial charge in [-0.25, -0.2) is 9.97 Å². The maximum absolute atomic E-state index is 5.33. The summed E-state index contributed by atoms with van der Waals surface area (Å²) >= 11 is 0. The third-order valence-corrected chi connectivity index (χ3v) is 2.55. The van der Waals surface area contributed by atoms with Gasteiger partial charge in [-0.2, -0.15) is 0 Å². The molecule has 0 amide bonds. The number of rotatable bonds is 2. The molecule has 0 aliphatic carbocycles. The van der Waals surface area contributed by atoms with Crippen LogP contribution in [0.1, 0.15) is 12.1 Å². The minimum atomic E-state index is 0.428. The third-order valence-electron chi connectivity index (χ3n) is 2.55. The monoisotopic (exact) mass is 193 g/mol. The second-order valence-electron chi connectivity index (χ2n) is 3.63. The molecule has 4 heteroatoms. The van der Waals surface area contributed by atoms with Gasteiger partial charge in [0.25, 0.3) is 0 Å². The van der Waals surface area contributed by atoms with Gasteiger partial charge in [0, 0.05) is 25.5 Å². The minimum Gasteiger partial charge on any atom is -0.379 e. The second-order valence-corrected chi connectivity index (χ2v) is 3.63. The van der Waals surface area contributed by atoms with Crippen molar-refractivity contribution in [3.05, 3.63) is 18.0 Å². The summed E-state index contributed by atoms with van der Waals surface area (Å²) in [6.45, 7) is 3.61. The third kappa shape index (κ3) is 1.85. The lowest BCUT2D eigenvalue weighted by Crippen LogP contribution is -2.33. The highest BCUT2D eigenvalue weighted by atomic mass is 16.5. The van der Waals surface area contributed by atoms with Crippen molar-refractivity contribution in [1.29, 1.82) is 0 Å². The van der Waals surface area contributed by atoms with Crippen molar-refractivity contribution in [2.24, 2.45) is 0 Å². The molecule has 0 radical (unpaired) electrons. The molecular formula is C10H15N3O. The topological polar surface area (TPSA) is 38.2 Å². The fraction of sp³-hybridized carbons (Fsp3) is 0.600. The summed E-state index contributed by atoms with van der Waals surface area (Å²) in [5.74, 6) is 0.792. The minimum absolute atomic E-state index is 0.428. The van der Waals surface area contributed by atoms with Crippen molar-refractivity contribution in [3.8, 4) is 0 Å². The molecule has 0 aromatic carbocycles. The predicted octanol–water partition coefficient (Wildman–Crippen LogP) is 1.01. The van der Waals surface area contributed by atoms with Crippen molar-refractivity contribution < 1.29 is 4.74 Å². The van der Waals surface area contributed by atoms with E-state index < -0.39 is 0 Å². The van der Waals surface area contributed by atoms with E-state index in [2.05, 4.69) is 14.9 Å². The summed E-state index contributed by atoms with van der Waals surface area (Å²) < 4.78 is 5.33. The van der Waals surface area contributed by atoms with E-state index in [1.165, 1.54) is 0 Å². The van der Waals surface area contributed by atoms with Crippen LogP contribution in [0.4, 0.5) is 5.95 Å². The Hall–Kier alpha value is -1.16. The molecule has 14 heavy (non-hydrogen) atoms. The number of nitrogens with zero attached hydrogens (tertiary/aromatic N) is 3. The number of likely N-dealkylation sites (N-methyl/N-ethyl adjacent to an activating group) is 1. The van der Waals surface area contributed by atoms with Crippen LogP contribution >= 0.6 is 0 Å². The Balaban J connectivity index is 2.13. The first kappa shape index (κ1) is 9.40. The first-order valence-electron chi connectivity index (χ1n) is 4.87. The summed E-state index contributed by atoms with van der Waals surface area (Å²) in [6, 6.07) is 2.33. The highest BCUT2D eigenvalue weighted by Crippen LogP contribution is 2.15. The lowest BCUT2D eigenvalue weighted by molar-refractivity contribution is 0.193. The first-order valence-corrected chi connectivity index (χ1v) is 4.87. The number of aryl methyl sites for hydroxylation is 1. The van der Waals surface area contributed by atoms with Crippen LogP contribution in [0, 0.1) is 6.92 Å². The molecule has 0 N–H and O–H groups in total. The van der Waals surface area contributed by atoms with Crippen molar-refractivity contribution >= 4 is 5.95 Å². The number of ether oxygens (including phenoxy) is 1. The molecule has 76 valence electrons. The van der Waals surface area contributed by atoms with E-state index in [9.17, 15) is 0 Å². The Morgan fingerprint density at radius 2 is 2.43 bits per heavy atom. The Bertz CT molecular complexity index is 310. The number of anilines is 1. The lowest BCUT2D eigenvalue weighted by atomic mass is 10.2. The van der Waals surface area contributed by atoms with E-state index in [1.54, 1.807) is 6.20 Å². The molecule has 1 aliphatic heterocycles. The van der Waals surface area contributed by atoms with Crippen LogP contribution in [0.15, 0.2) is 12.3 Å². The summed E-state index contributed by atoms with van der Waals surface area (Å²) in [5, 5.41) is 0. The molecular weight excluding hydrogens is 178 g/mol. The van der Waals surface area contributed by atoms with Crippen LogP contribution in [0.3, 0.4) is 0 Å². The largest absolute Gasteiger partial charge is 0.379 e. The molecule has 0 spiro atoms. The standard InChI is InChI=1S/C10H15N3O/c1-8-3-5-11-10(12-8)13(2)9-4-6-14-7-9/h3,5,9H,4,6-7H2,1-2H3. The normalized spacial score (nSPS) is 21.1. The zero-order valence-electron chi connectivity index (χ0n) is 8.60. The molecule has 0 saturated carbocycles. The SMILES string of the molecule is Cc1ccnc(N(C)C2CCOC2)n1. The molecule has 1 aliphatic rings. The van der Waals surface area contributed by atoms with Gasteiger partial charge >= 0.3 is 0 Å². The van der Waals surface area contributed by atoms with Crippen LogP contribution in [-0.2, 0) is 4.74 Å². The van der Waals surface area contributed by atoms with E-state index in [0.717, 1.165) is 31.3 Å². The lowest BCUT2D eigenvalue weighted by Gasteiger charge is -2.22. The molecule has 1 aromatic heterocycles. The van der Waals surface area contributed by atoms with Crippen molar-refractivity contribution in [3.63, 3.8) is 0 Å². The van der Waals surface area contributed by atoms with Gasteiger partial charge in [-0.3, -0.25) is 0 Å². The zero-order chi connectivity index (χ0) is 9.97. The molecule has 1 aromatic rings. The Labute approximate surface area is 83.9 Å². The van der Waals surface area contributed by atoms with Gasteiger partial charge in [-0.15, -0.1) is 0 Å². The molecule has 2 rings (SSSR count). The molecule has 1 atom stereocenters. The first-order chi connectivity index (χ1) is 6.77. The van der Waals surface area contributed by atoms with Crippen LogP contribution in [-0.4, -0.2) is 36.3 Å². The van der Waals surface area contributed by atoms with Gasteiger partial charge in [0.05, 0.1) is 12.6 Å². The average Bonchev–Trinajstić information content (AvgIpc) is 2.69. The molecule has 1 fully saturated rings. The van der Waals surface area contributed by atoms with Crippen LogP contribution in [0.5, 0.6) is 0 Å². The van der Waals surface area contributed by atoms with Gasteiger partial charge in [0.15, 0.2) is 0 Å². The molecule has 2 heterocycles. The summed E-state index contributed by atoms with van der Waals surface area (Å²) in [4.78, 5) is 10.7. The van der Waals surface area contributed by atoms with Gasteiger partial charge < -0.3 is 9.64 Å². The number of hydrogen-bond acceptors (Lipinski definition) is 4. The Morgan fingerprint density at radius 1 is 1.57 bits per heavy atom. The molecule has 1 unspecified atom stereocenters. The maximum Gasteiger partial charge on any atom is 0.225 e. The van der Waals surface area contributed by atoms with Gasteiger partial charge in [-0.05, 0) is 19.4 Å². The van der Waals surface area contributed by atoms with Crippen molar-refractivity contribution in [2.45, 2.75) is 19.4 Å².